The SMILES string of the molecule is COc1ccc(OC)c(Nc2nc(C)cc(Nc3ccc(F)c(F)c3F)n2)c1. The van der Waals surface area contributed by atoms with Gasteiger partial charge >= 0.3 is 0 Å². The average Bonchev–Trinajstić information content (AvgIpc) is 2.68. The summed E-state index contributed by atoms with van der Waals surface area (Å²) in [6.07, 6.45) is 0. The summed E-state index contributed by atoms with van der Waals surface area (Å²) in [5.41, 5.74) is 0.865. The van der Waals surface area contributed by atoms with Gasteiger partial charge in [0.05, 0.1) is 25.6 Å². The Hall–Kier alpha value is -3.49. The van der Waals surface area contributed by atoms with E-state index in [0.717, 1.165) is 12.1 Å². The van der Waals surface area contributed by atoms with Crippen LogP contribution in [0.3, 0.4) is 0 Å². The molecule has 0 aliphatic heterocycles. The van der Waals surface area contributed by atoms with Crippen LogP contribution in [0.25, 0.3) is 0 Å². The van der Waals surface area contributed by atoms with E-state index < -0.39 is 17.5 Å². The van der Waals surface area contributed by atoms with Crippen LogP contribution in [-0.2, 0) is 0 Å². The van der Waals surface area contributed by atoms with Crippen molar-refractivity contribution in [2.75, 3.05) is 24.9 Å². The zero-order valence-electron chi connectivity index (χ0n) is 15.3. The van der Waals surface area contributed by atoms with E-state index in [1.54, 1.807) is 25.1 Å². The molecule has 0 fully saturated rings. The van der Waals surface area contributed by atoms with Crippen molar-refractivity contribution in [2.24, 2.45) is 0 Å². The first-order valence-electron chi connectivity index (χ1n) is 8.16. The number of nitrogens with one attached hydrogen (secondary N) is 2. The molecule has 146 valence electrons. The van der Waals surface area contributed by atoms with Gasteiger partial charge in [-0.05, 0) is 31.2 Å². The third-order valence-electron chi connectivity index (χ3n) is 3.81. The van der Waals surface area contributed by atoms with E-state index >= 15 is 0 Å². The van der Waals surface area contributed by atoms with Crippen LogP contribution in [0.4, 0.5) is 36.3 Å². The maximum Gasteiger partial charge on any atom is 0.229 e. The molecule has 3 rings (SSSR count). The Morgan fingerprint density at radius 1 is 0.821 bits per heavy atom. The van der Waals surface area contributed by atoms with E-state index in [1.807, 2.05) is 0 Å². The smallest absolute Gasteiger partial charge is 0.229 e. The Morgan fingerprint density at radius 2 is 1.61 bits per heavy atom. The van der Waals surface area contributed by atoms with Gasteiger partial charge in [-0.3, -0.25) is 0 Å². The maximum atomic E-state index is 13.9. The van der Waals surface area contributed by atoms with Crippen molar-refractivity contribution < 1.29 is 22.6 Å². The summed E-state index contributed by atoms with van der Waals surface area (Å²) in [5.74, 6) is -2.64. The molecule has 0 atom stereocenters. The Kier molecular flexibility index (Phi) is 5.53. The van der Waals surface area contributed by atoms with Gasteiger partial charge in [0.15, 0.2) is 17.5 Å². The highest BCUT2D eigenvalue weighted by Gasteiger charge is 2.15. The first-order chi connectivity index (χ1) is 13.4. The van der Waals surface area contributed by atoms with Crippen molar-refractivity contribution in [3.8, 4) is 11.5 Å². The van der Waals surface area contributed by atoms with Crippen LogP contribution >= 0.6 is 0 Å². The van der Waals surface area contributed by atoms with E-state index in [2.05, 4.69) is 20.6 Å². The van der Waals surface area contributed by atoms with Crippen molar-refractivity contribution in [3.05, 3.63) is 59.5 Å². The molecule has 0 saturated heterocycles. The number of aryl methyl sites for hydroxylation is 1. The molecule has 6 nitrogen and oxygen atoms in total. The maximum absolute atomic E-state index is 13.9. The monoisotopic (exact) mass is 390 g/mol. The highest BCUT2D eigenvalue weighted by atomic mass is 19.2. The third kappa shape index (κ3) is 4.08. The normalized spacial score (nSPS) is 10.5. The molecule has 0 radical (unpaired) electrons. The van der Waals surface area contributed by atoms with E-state index in [-0.39, 0.29) is 17.5 Å². The van der Waals surface area contributed by atoms with Crippen LogP contribution in [-0.4, -0.2) is 24.2 Å². The highest BCUT2D eigenvalue weighted by Crippen LogP contribution is 2.31. The zero-order valence-corrected chi connectivity index (χ0v) is 15.3. The second-order valence-electron chi connectivity index (χ2n) is 5.76. The summed E-state index contributed by atoms with van der Waals surface area (Å²) in [5, 5.41) is 5.63. The second kappa shape index (κ2) is 8.03. The van der Waals surface area contributed by atoms with E-state index in [4.69, 9.17) is 9.47 Å². The first kappa shape index (κ1) is 19.3. The summed E-state index contributed by atoms with van der Waals surface area (Å²) < 4.78 is 50.9. The summed E-state index contributed by atoms with van der Waals surface area (Å²) in [6, 6.07) is 8.60. The predicted molar refractivity (Wildman–Crippen MR) is 99.2 cm³/mol. The van der Waals surface area contributed by atoms with Gasteiger partial charge in [0.25, 0.3) is 0 Å². The molecule has 0 saturated carbocycles. The van der Waals surface area contributed by atoms with E-state index in [9.17, 15) is 13.2 Å². The quantitative estimate of drug-likeness (QED) is 0.595. The van der Waals surface area contributed by atoms with Gasteiger partial charge in [-0.25, -0.2) is 18.2 Å². The van der Waals surface area contributed by atoms with Crippen molar-refractivity contribution in [1.29, 1.82) is 0 Å². The molecule has 2 aromatic carbocycles. The van der Waals surface area contributed by atoms with Crippen molar-refractivity contribution in [2.45, 2.75) is 6.92 Å². The first-order valence-corrected chi connectivity index (χ1v) is 8.16. The Labute approximate surface area is 159 Å². The predicted octanol–water partition coefficient (Wildman–Crippen LogP) is 4.71. The molecule has 0 aliphatic rings. The molecule has 0 spiro atoms. The Balaban J connectivity index is 1.92. The molecular weight excluding hydrogens is 373 g/mol. The van der Waals surface area contributed by atoms with Crippen molar-refractivity contribution in [3.63, 3.8) is 0 Å². The molecule has 9 heteroatoms. The highest BCUT2D eigenvalue weighted by molar-refractivity contribution is 5.66. The van der Waals surface area contributed by atoms with E-state index in [0.29, 0.717) is 22.9 Å². The Bertz CT molecular complexity index is 1010. The lowest BCUT2D eigenvalue weighted by atomic mass is 10.2. The number of benzene rings is 2. The summed E-state index contributed by atoms with van der Waals surface area (Å²) >= 11 is 0. The standard InChI is InChI=1S/C19H17F3N4O2/c1-10-8-16(24-13-6-5-12(20)17(21)18(13)22)26-19(23-10)25-14-9-11(27-2)4-7-15(14)28-3/h4-9H,1-3H3,(H2,23,24,25,26). The third-order valence-corrected chi connectivity index (χ3v) is 3.81. The minimum Gasteiger partial charge on any atom is -0.497 e. The molecule has 1 aromatic heterocycles. The molecule has 2 N–H and O–H groups in total. The largest absolute Gasteiger partial charge is 0.497 e. The number of rotatable bonds is 6. The minimum absolute atomic E-state index is 0.192. The number of methoxy groups -OCH3 is 2. The summed E-state index contributed by atoms with van der Waals surface area (Å²) in [7, 11) is 3.05. The lowest BCUT2D eigenvalue weighted by molar-refractivity contribution is 0.405. The van der Waals surface area contributed by atoms with Gasteiger partial charge in [0, 0.05) is 17.8 Å². The van der Waals surface area contributed by atoms with Gasteiger partial charge in [-0.2, -0.15) is 4.98 Å². The van der Waals surface area contributed by atoms with E-state index in [1.165, 1.54) is 20.3 Å². The number of hydrogen-bond donors (Lipinski definition) is 2. The number of hydrogen-bond acceptors (Lipinski definition) is 6. The number of ether oxygens (including phenoxy) is 2. The topological polar surface area (TPSA) is 68.3 Å². The molecule has 0 unspecified atom stereocenters. The number of halogens is 3. The van der Waals surface area contributed by atoms with Gasteiger partial charge in [0.1, 0.15) is 17.3 Å². The second-order valence-corrected chi connectivity index (χ2v) is 5.76. The average molecular weight is 390 g/mol. The minimum atomic E-state index is -1.56. The van der Waals surface area contributed by atoms with Crippen LogP contribution in [0, 0.1) is 24.4 Å². The van der Waals surface area contributed by atoms with Gasteiger partial charge < -0.3 is 20.1 Å². The van der Waals surface area contributed by atoms with Crippen molar-refractivity contribution in [1.82, 2.24) is 9.97 Å². The molecule has 28 heavy (non-hydrogen) atoms. The number of aromatic nitrogens is 2. The van der Waals surface area contributed by atoms with Gasteiger partial charge in [0.2, 0.25) is 5.95 Å². The fourth-order valence-electron chi connectivity index (χ4n) is 2.48. The van der Waals surface area contributed by atoms with Crippen LogP contribution in [0.15, 0.2) is 36.4 Å². The van der Waals surface area contributed by atoms with Crippen molar-refractivity contribution >= 4 is 23.1 Å². The summed E-state index contributed by atoms with van der Waals surface area (Å²) in [4.78, 5) is 8.51. The van der Waals surface area contributed by atoms with Crippen LogP contribution in [0.5, 0.6) is 11.5 Å². The van der Waals surface area contributed by atoms with Gasteiger partial charge in [-0.1, -0.05) is 0 Å². The molecular formula is C19H17F3N4O2. The molecule has 3 aromatic rings. The molecule has 0 bridgehead atoms. The van der Waals surface area contributed by atoms with Crippen LogP contribution in [0.2, 0.25) is 0 Å². The fraction of sp³-hybridized carbons (Fsp3) is 0.158. The van der Waals surface area contributed by atoms with Gasteiger partial charge in [-0.15, -0.1) is 0 Å². The number of nitrogens with zero attached hydrogens (tertiary/aromatic N) is 2. The van der Waals surface area contributed by atoms with Crippen LogP contribution < -0.4 is 20.1 Å². The van der Waals surface area contributed by atoms with Crippen LogP contribution in [0.1, 0.15) is 5.69 Å². The molecule has 0 aliphatic carbocycles. The molecule has 1 heterocycles. The fourth-order valence-corrected chi connectivity index (χ4v) is 2.48. The zero-order chi connectivity index (χ0) is 20.3. The Morgan fingerprint density at radius 3 is 2.32 bits per heavy atom. The molecule has 0 amide bonds. The lowest BCUT2D eigenvalue weighted by Crippen LogP contribution is -2.05. The summed E-state index contributed by atoms with van der Waals surface area (Å²) in [6.45, 7) is 1.71. The number of anilines is 4. The lowest BCUT2D eigenvalue weighted by Gasteiger charge is -2.13.